The van der Waals surface area contributed by atoms with Crippen molar-refractivity contribution < 1.29 is 4.74 Å². The van der Waals surface area contributed by atoms with Gasteiger partial charge in [0.1, 0.15) is 5.75 Å². The van der Waals surface area contributed by atoms with Gasteiger partial charge in [-0.25, -0.2) is 4.68 Å². The molecule has 0 bridgehead atoms. The average molecular weight is 411 g/mol. The summed E-state index contributed by atoms with van der Waals surface area (Å²) in [6, 6.07) is 15.7. The zero-order valence-electron chi connectivity index (χ0n) is 14.0. The molecule has 4 rings (SSSR count). The minimum atomic E-state index is 0.543. The predicted octanol–water partition coefficient (Wildman–Crippen LogP) is 3.35. The highest BCUT2D eigenvalue weighted by Crippen LogP contribution is 2.18. The van der Waals surface area contributed by atoms with Gasteiger partial charge in [-0.15, -0.1) is 10.2 Å². The van der Waals surface area contributed by atoms with Crippen molar-refractivity contribution in [3.8, 4) is 22.8 Å². The summed E-state index contributed by atoms with van der Waals surface area (Å²) in [6.07, 6.45) is 3.61. The van der Waals surface area contributed by atoms with Crippen molar-refractivity contribution in [3.05, 3.63) is 71.0 Å². The fraction of sp³-hybridized carbons (Fsp3) is 0.111. The quantitative estimate of drug-likeness (QED) is 0.504. The summed E-state index contributed by atoms with van der Waals surface area (Å²) in [5.74, 6) is 1.35. The standard InChI is InChI=1S/C18H15BrN6O/c1-26-17-8-6-16(7-9-17)24-12-14(10-20-24)18-21-23-25(22-18)11-13-2-4-15(19)5-3-13/h2-10,12H,11H2,1H3. The van der Waals surface area contributed by atoms with Gasteiger partial charge in [-0.3, -0.25) is 0 Å². The molecule has 0 atom stereocenters. The lowest BCUT2D eigenvalue weighted by Crippen LogP contribution is -2.03. The van der Waals surface area contributed by atoms with Crippen molar-refractivity contribution in [3.63, 3.8) is 0 Å². The largest absolute Gasteiger partial charge is 0.497 e. The molecule has 7 nitrogen and oxygen atoms in total. The SMILES string of the molecule is COc1ccc(-n2cc(-c3nnn(Cc4ccc(Br)cc4)n3)cn2)cc1. The second-order valence-electron chi connectivity index (χ2n) is 5.64. The number of benzene rings is 2. The molecule has 2 aromatic heterocycles. The monoisotopic (exact) mass is 410 g/mol. The summed E-state index contributed by atoms with van der Waals surface area (Å²) in [4.78, 5) is 1.57. The van der Waals surface area contributed by atoms with Gasteiger partial charge in [0.15, 0.2) is 0 Å². The second-order valence-corrected chi connectivity index (χ2v) is 6.56. The zero-order chi connectivity index (χ0) is 17.9. The highest BCUT2D eigenvalue weighted by molar-refractivity contribution is 9.10. The van der Waals surface area contributed by atoms with Gasteiger partial charge in [-0.2, -0.15) is 9.90 Å². The van der Waals surface area contributed by atoms with Gasteiger partial charge in [0.05, 0.1) is 31.1 Å². The Bertz CT molecular complexity index is 1010. The smallest absolute Gasteiger partial charge is 0.208 e. The summed E-state index contributed by atoms with van der Waals surface area (Å²) in [5, 5.41) is 17.1. The van der Waals surface area contributed by atoms with Crippen molar-refractivity contribution in [1.29, 1.82) is 0 Å². The van der Waals surface area contributed by atoms with Crippen molar-refractivity contribution in [2.45, 2.75) is 6.54 Å². The van der Waals surface area contributed by atoms with E-state index in [-0.39, 0.29) is 0 Å². The van der Waals surface area contributed by atoms with Gasteiger partial charge < -0.3 is 4.74 Å². The van der Waals surface area contributed by atoms with E-state index in [1.165, 1.54) is 0 Å². The van der Waals surface area contributed by atoms with E-state index in [2.05, 4.69) is 36.4 Å². The van der Waals surface area contributed by atoms with Crippen molar-refractivity contribution in [1.82, 2.24) is 30.0 Å². The number of tetrazole rings is 1. The number of hydrogen-bond donors (Lipinski definition) is 0. The van der Waals surface area contributed by atoms with Crippen LogP contribution in [0, 0.1) is 0 Å². The first-order valence-corrected chi connectivity index (χ1v) is 8.72. The summed E-state index contributed by atoms with van der Waals surface area (Å²) >= 11 is 3.43. The van der Waals surface area contributed by atoms with Crippen LogP contribution in [-0.2, 0) is 6.54 Å². The molecule has 4 aromatic rings. The summed E-state index contributed by atoms with van der Waals surface area (Å²) in [6.45, 7) is 0.562. The highest BCUT2D eigenvalue weighted by atomic mass is 79.9. The maximum Gasteiger partial charge on any atom is 0.208 e. The fourth-order valence-electron chi connectivity index (χ4n) is 2.49. The average Bonchev–Trinajstić information content (AvgIpc) is 3.33. The van der Waals surface area contributed by atoms with Crippen LogP contribution >= 0.6 is 15.9 Å². The number of nitrogens with zero attached hydrogens (tertiary/aromatic N) is 6. The Labute approximate surface area is 158 Å². The van der Waals surface area contributed by atoms with Gasteiger partial charge in [-0.05, 0) is 47.2 Å². The van der Waals surface area contributed by atoms with E-state index in [9.17, 15) is 0 Å². The van der Waals surface area contributed by atoms with E-state index in [0.29, 0.717) is 12.4 Å². The predicted molar refractivity (Wildman–Crippen MR) is 100 cm³/mol. The Hall–Kier alpha value is -3.00. The van der Waals surface area contributed by atoms with Crippen LogP contribution < -0.4 is 4.74 Å². The number of aromatic nitrogens is 6. The number of ether oxygens (including phenoxy) is 1. The first-order valence-electron chi connectivity index (χ1n) is 7.93. The molecular weight excluding hydrogens is 396 g/mol. The van der Waals surface area contributed by atoms with Gasteiger partial charge in [0.25, 0.3) is 0 Å². The van der Waals surface area contributed by atoms with Crippen molar-refractivity contribution in [2.24, 2.45) is 0 Å². The normalized spacial score (nSPS) is 10.8. The van der Waals surface area contributed by atoms with Crippen LogP contribution in [0.5, 0.6) is 5.75 Å². The van der Waals surface area contributed by atoms with Crippen LogP contribution in [0.15, 0.2) is 65.4 Å². The third-order valence-corrected chi connectivity index (χ3v) is 4.40. The van der Waals surface area contributed by atoms with Crippen LogP contribution in [0.1, 0.15) is 5.56 Å². The molecule has 2 aromatic carbocycles. The van der Waals surface area contributed by atoms with Crippen LogP contribution in [0.2, 0.25) is 0 Å². The second kappa shape index (κ2) is 7.09. The van der Waals surface area contributed by atoms with Gasteiger partial charge in [0, 0.05) is 10.7 Å². The molecule has 0 aliphatic heterocycles. The molecule has 130 valence electrons. The maximum absolute atomic E-state index is 5.17. The first-order chi connectivity index (χ1) is 12.7. The molecule has 0 aliphatic carbocycles. The zero-order valence-corrected chi connectivity index (χ0v) is 15.5. The number of rotatable bonds is 5. The minimum absolute atomic E-state index is 0.543. The van der Waals surface area contributed by atoms with E-state index in [1.807, 2.05) is 54.7 Å². The minimum Gasteiger partial charge on any atom is -0.497 e. The number of methoxy groups -OCH3 is 1. The number of hydrogen-bond acceptors (Lipinski definition) is 5. The molecule has 8 heteroatoms. The molecule has 0 amide bonds. The van der Waals surface area contributed by atoms with E-state index < -0.39 is 0 Å². The lowest BCUT2D eigenvalue weighted by molar-refractivity contribution is 0.414. The molecule has 0 unspecified atom stereocenters. The Kier molecular flexibility index (Phi) is 4.49. The molecule has 0 spiro atoms. The lowest BCUT2D eigenvalue weighted by atomic mass is 10.2. The highest BCUT2D eigenvalue weighted by Gasteiger charge is 2.10. The fourth-order valence-corrected chi connectivity index (χ4v) is 2.76. The van der Waals surface area contributed by atoms with Crippen LogP contribution in [0.3, 0.4) is 0 Å². The molecule has 2 heterocycles. The molecule has 0 aliphatic rings. The van der Waals surface area contributed by atoms with Gasteiger partial charge >= 0.3 is 0 Å². The Morgan fingerprint density at radius 2 is 1.81 bits per heavy atom. The van der Waals surface area contributed by atoms with E-state index in [4.69, 9.17) is 4.74 Å². The first kappa shape index (κ1) is 16.5. The molecule has 0 radical (unpaired) electrons. The van der Waals surface area contributed by atoms with E-state index in [0.717, 1.165) is 27.0 Å². The third-order valence-electron chi connectivity index (χ3n) is 3.87. The number of halogens is 1. The topological polar surface area (TPSA) is 70.7 Å². The molecule has 0 saturated heterocycles. The van der Waals surface area contributed by atoms with E-state index >= 15 is 0 Å². The van der Waals surface area contributed by atoms with Gasteiger partial charge in [0.2, 0.25) is 5.82 Å². The molecule has 0 fully saturated rings. The lowest BCUT2D eigenvalue weighted by Gasteiger charge is -2.02. The van der Waals surface area contributed by atoms with Crippen molar-refractivity contribution in [2.75, 3.05) is 7.11 Å². The molecular formula is C18H15BrN6O. The Morgan fingerprint density at radius 1 is 1.04 bits per heavy atom. The molecule has 0 N–H and O–H groups in total. The summed E-state index contributed by atoms with van der Waals surface area (Å²) in [7, 11) is 1.64. The Morgan fingerprint density at radius 3 is 2.54 bits per heavy atom. The Balaban J connectivity index is 1.52. The van der Waals surface area contributed by atoms with Gasteiger partial charge in [-0.1, -0.05) is 28.1 Å². The summed E-state index contributed by atoms with van der Waals surface area (Å²) < 4.78 is 7.98. The molecule has 0 saturated carbocycles. The van der Waals surface area contributed by atoms with Crippen LogP contribution in [0.25, 0.3) is 17.1 Å². The van der Waals surface area contributed by atoms with Crippen molar-refractivity contribution >= 4 is 15.9 Å². The van der Waals surface area contributed by atoms with E-state index in [1.54, 1.807) is 22.8 Å². The third kappa shape index (κ3) is 3.50. The maximum atomic E-state index is 5.17. The summed E-state index contributed by atoms with van der Waals surface area (Å²) in [5.41, 5.74) is 2.84. The van der Waals surface area contributed by atoms with Crippen LogP contribution in [0.4, 0.5) is 0 Å². The molecule has 26 heavy (non-hydrogen) atoms. The van der Waals surface area contributed by atoms with Crippen LogP contribution in [-0.4, -0.2) is 37.1 Å².